The fraction of sp³-hybridized carbons (Fsp3) is 0.455. The van der Waals surface area contributed by atoms with Gasteiger partial charge in [-0.15, -0.1) is 0 Å². The predicted molar refractivity (Wildman–Crippen MR) is 108 cm³/mol. The van der Waals surface area contributed by atoms with Crippen LogP contribution < -0.4 is 10.2 Å². The minimum atomic E-state index is -0.234. The number of carbonyl (C=O) groups is 1. The third-order valence-electron chi connectivity index (χ3n) is 5.60. The van der Waals surface area contributed by atoms with Crippen molar-refractivity contribution in [3.63, 3.8) is 0 Å². The molecule has 1 aromatic carbocycles. The van der Waals surface area contributed by atoms with Crippen LogP contribution in [0.25, 0.3) is 0 Å². The van der Waals surface area contributed by atoms with Gasteiger partial charge in [0.05, 0.1) is 17.9 Å². The Labute approximate surface area is 165 Å². The van der Waals surface area contributed by atoms with Gasteiger partial charge in [-0.25, -0.2) is 4.39 Å². The molecule has 0 spiro atoms. The van der Waals surface area contributed by atoms with Gasteiger partial charge in [-0.3, -0.25) is 14.7 Å². The molecule has 4 rings (SSSR count). The molecule has 3 heterocycles. The van der Waals surface area contributed by atoms with Crippen molar-refractivity contribution in [2.75, 3.05) is 44.2 Å². The number of carbonyl (C=O) groups excluding carboxylic acids is 1. The minimum Gasteiger partial charge on any atom is -0.314 e. The topological polar surface area (TPSA) is 48.5 Å². The molecule has 5 nitrogen and oxygen atoms in total. The molecular formula is C22H27FN4O. The molecule has 1 fully saturated rings. The Hall–Kier alpha value is -2.31. The van der Waals surface area contributed by atoms with Crippen LogP contribution in [0.2, 0.25) is 0 Å². The molecule has 1 saturated heterocycles. The highest BCUT2D eigenvalue weighted by atomic mass is 19.1. The Morgan fingerprint density at radius 2 is 1.89 bits per heavy atom. The van der Waals surface area contributed by atoms with Crippen molar-refractivity contribution in [2.45, 2.75) is 25.7 Å². The Morgan fingerprint density at radius 1 is 1.18 bits per heavy atom. The number of anilines is 1. The van der Waals surface area contributed by atoms with E-state index in [1.165, 1.54) is 12.1 Å². The van der Waals surface area contributed by atoms with Crippen molar-refractivity contribution in [1.82, 2.24) is 15.2 Å². The third kappa shape index (κ3) is 3.93. The van der Waals surface area contributed by atoms with Crippen molar-refractivity contribution < 1.29 is 9.18 Å². The zero-order valence-electron chi connectivity index (χ0n) is 16.5. The second kappa shape index (κ2) is 7.60. The summed E-state index contributed by atoms with van der Waals surface area (Å²) in [6.07, 6.45) is 2.55. The highest BCUT2D eigenvalue weighted by molar-refractivity contribution is 5.97. The molecule has 2 aliphatic heterocycles. The number of halogens is 1. The molecule has 0 aliphatic carbocycles. The van der Waals surface area contributed by atoms with Crippen LogP contribution >= 0.6 is 0 Å². The lowest BCUT2D eigenvalue weighted by Gasteiger charge is -2.29. The lowest BCUT2D eigenvalue weighted by Crippen LogP contribution is -2.48. The van der Waals surface area contributed by atoms with Crippen molar-refractivity contribution in [3.05, 3.63) is 59.2 Å². The molecule has 6 heteroatoms. The summed E-state index contributed by atoms with van der Waals surface area (Å²) in [5.74, 6) is -0.100. The van der Waals surface area contributed by atoms with E-state index in [2.05, 4.69) is 30.1 Å². The van der Waals surface area contributed by atoms with E-state index in [9.17, 15) is 9.18 Å². The lowest BCUT2D eigenvalue weighted by atomic mass is 9.91. The molecule has 148 valence electrons. The van der Waals surface area contributed by atoms with Gasteiger partial charge in [-0.2, -0.15) is 0 Å². The highest BCUT2D eigenvalue weighted by Gasteiger charge is 2.39. The van der Waals surface area contributed by atoms with Gasteiger partial charge in [0.15, 0.2) is 0 Å². The first-order chi connectivity index (χ1) is 13.4. The van der Waals surface area contributed by atoms with Crippen LogP contribution in [0.5, 0.6) is 0 Å². The second-order valence-electron chi connectivity index (χ2n) is 8.40. The number of aromatic nitrogens is 1. The average molecular weight is 382 g/mol. The van der Waals surface area contributed by atoms with Crippen LogP contribution in [0.15, 0.2) is 36.5 Å². The Morgan fingerprint density at radius 3 is 2.61 bits per heavy atom. The van der Waals surface area contributed by atoms with Crippen molar-refractivity contribution in [3.8, 4) is 0 Å². The summed E-state index contributed by atoms with van der Waals surface area (Å²) in [7, 11) is 0. The molecule has 1 N–H and O–H groups in total. The summed E-state index contributed by atoms with van der Waals surface area (Å²) in [5.41, 5.74) is 3.79. The molecular weight excluding hydrogens is 355 g/mol. The van der Waals surface area contributed by atoms with Crippen molar-refractivity contribution >= 4 is 11.6 Å². The molecule has 1 aromatic heterocycles. The van der Waals surface area contributed by atoms with E-state index >= 15 is 0 Å². The maximum Gasteiger partial charge on any atom is 0.241 e. The molecule has 1 amide bonds. The van der Waals surface area contributed by atoms with Crippen molar-refractivity contribution in [1.29, 1.82) is 0 Å². The summed E-state index contributed by atoms with van der Waals surface area (Å²) >= 11 is 0. The maximum atomic E-state index is 13.2. The monoisotopic (exact) mass is 382 g/mol. The number of benzene rings is 1. The third-order valence-corrected chi connectivity index (χ3v) is 5.60. The molecule has 0 unspecified atom stereocenters. The van der Waals surface area contributed by atoms with E-state index in [1.807, 2.05) is 11.1 Å². The smallest absolute Gasteiger partial charge is 0.241 e. The van der Waals surface area contributed by atoms with E-state index in [4.69, 9.17) is 4.98 Å². The Kier molecular flexibility index (Phi) is 5.17. The van der Waals surface area contributed by atoms with Crippen LogP contribution in [-0.2, 0) is 16.6 Å². The van der Waals surface area contributed by atoms with Gasteiger partial charge in [0.25, 0.3) is 0 Å². The largest absolute Gasteiger partial charge is 0.314 e. The van der Waals surface area contributed by atoms with E-state index < -0.39 is 0 Å². The zero-order chi connectivity index (χ0) is 19.7. The van der Waals surface area contributed by atoms with Crippen LogP contribution in [0, 0.1) is 5.82 Å². The number of piperazine rings is 1. The first kappa shape index (κ1) is 19.0. The second-order valence-corrected chi connectivity index (χ2v) is 8.40. The predicted octanol–water partition coefficient (Wildman–Crippen LogP) is 2.34. The quantitative estimate of drug-likeness (QED) is 0.882. The Balaban J connectivity index is 1.56. The summed E-state index contributed by atoms with van der Waals surface area (Å²) in [5, 5.41) is 3.32. The first-order valence-corrected chi connectivity index (χ1v) is 9.90. The summed E-state index contributed by atoms with van der Waals surface area (Å²) in [6.45, 7) is 9.03. The number of rotatable bonds is 4. The van der Waals surface area contributed by atoms with Gasteiger partial charge in [0.1, 0.15) is 5.82 Å². The molecule has 2 aromatic rings. The summed E-state index contributed by atoms with van der Waals surface area (Å²) in [4.78, 5) is 21.9. The maximum absolute atomic E-state index is 13.2. The first-order valence-electron chi connectivity index (χ1n) is 9.90. The number of hydrogen-bond acceptors (Lipinski definition) is 4. The molecule has 0 bridgehead atoms. The van der Waals surface area contributed by atoms with E-state index in [-0.39, 0.29) is 17.1 Å². The van der Waals surface area contributed by atoms with Crippen LogP contribution in [-0.4, -0.2) is 55.1 Å². The lowest BCUT2D eigenvalue weighted by molar-refractivity contribution is -0.119. The normalized spacial score (nSPS) is 18.9. The van der Waals surface area contributed by atoms with Crippen LogP contribution in [0.4, 0.5) is 10.1 Å². The van der Waals surface area contributed by atoms with Gasteiger partial charge >= 0.3 is 0 Å². The van der Waals surface area contributed by atoms with Gasteiger partial charge in [0.2, 0.25) is 5.91 Å². The van der Waals surface area contributed by atoms with Crippen molar-refractivity contribution in [2.24, 2.45) is 0 Å². The average Bonchev–Trinajstić information content (AvgIpc) is 2.95. The van der Waals surface area contributed by atoms with Crippen LogP contribution in [0.3, 0.4) is 0 Å². The molecule has 0 saturated carbocycles. The van der Waals surface area contributed by atoms with Gasteiger partial charge in [-0.05, 0) is 35.7 Å². The summed E-state index contributed by atoms with van der Waals surface area (Å²) in [6, 6.07) is 8.61. The van der Waals surface area contributed by atoms with E-state index in [0.29, 0.717) is 19.5 Å². The number of hydrogen-bond donors (Lipinski definition) is 1. The minimum absolute atomic E-state index is 0.134. The fourth-order valence-electron chi connectivity index (χ4n) is 4.08. The SMILES string of the molecule is CC1(C)CN(C(=O)CN2CCNCC2)c2cc(Cc3ccc(F)cc3)cnc21. The molecule has 28 heavy (non-hydrogen) atoms. The fourth-order valence-corrected chi connectivity index (χ4v) is 4.08. The summed E-state index contributed by atoms with van der Waals surface area (Å²) < 4.78 is 13.2. The number of pyridine rings is 1. The van der Waals surface area contributed by atoms with Gasteiger partial charge < -0.3 is 10.2 Å². The van der Waals surface area contributed by atoms with E-state index in [1.54, 1.807) is 12.1 Å². The molecule has 0 radical (unpaired) electrons. The Bertz CT molecular complexity index is 859. The number of amides is 1. The van der Waals surface area contributed by atoms with Gasteiger partial charge in [-0.1, -0.05) is 26.0 Å². The highest BCUT2D eigenvalue weighted by Crippen LogP contribution is 2.39. The standard InChI is InChI=1S/C22H27FN4O/c1-22(2)15-27(20(28)14-26-9-7-24-8-10-26)19-12-17(13-25-21(19)22)11-16-3-5-18(23)6-4-16/h3-6,12-13,24H,7-11,14-15H2,1-2H3. The number of nitrogens with one attached hydrogen (secondary N) is 1. The number of fused-ring (bicyclic) bond motifs is 1. The molecule has 0 atom stereocenters. The zero-order valence-corrected chi connectivity index (χ0v) is 16.5. The number of nitrogens with zero attached hydrogens (tertiary/aromatic N) is 3. The van der Waals surface area contributed by atoms with E-state index in [0.717, 1.165) is 48.7 Å². The molecule has 2 aliphatic rings. The van der Waals surface area contributed by atoms with Crippen LogP contribution in [0.1, 0.15) is 30.7 Å². The van der Waals surface area contributed by atoms with Gasteiger partial charge in [0, 0.05) is 44.3 Å².